The van der Waals surface area contributed by atoms with Crippen molar-refractivity contribution in [3.05, 3.63) is 16.1 Å². The maximum Gasteiger partial charge on any atom is 0.147 e. The molecule has 1 fully saturated rings. The predicted octanol–water partition coefficient (Wildman–Crippen LogP) is 4.05. The van der Waals surface area contributed by atoms with Crippen molar-refractivity contribution < 1.29 is 4.74 Å². The van der Waals surface area contributed by atoms with Crippen molar-refractivity contribution in [3.63, 3.8) is 0 Å². The molecule has 2 rings (SSSR count). The molecule has 0 atom stereocenters. The number of pyridine rings is 1. The number of aromatic nitrogens is 1. The third kappa shape index (κ3) is 4.40. The van der Waals surface area contributed by atoms with Crippen molar-refractivity contribution in [1.29, 1.82) is 0 Å². The van der Waals surface area contributed by atoms with Crippen molar-refractivity contribution in [2.24, 2.45) is 5.92 Å². The largest absolute Gasteiger partial charge is 0.381 e. The molecule has 1 aromatic heterocycles. The molecule has 1 saturated heterocycles. The Labute approximate surface area is 130 Å². The summed E-state index contributed by atoms with van der Waals surface area (Å²) in [5.74, 6) is 2.00. The van der Waals surface area contributed by atoms with Crippen molar-refractivity contribution in [3.8, 4) is 0 Å². The smallest absolute Gasteiger partial charge is 0.147 e. The van der Waals surface area contributed by atoms with E-state index in [2.05, 4.69) is 22.5 Å². The fourth-order valence-corrected chi connectivity index (χ4v) is 2.64. The highest BCUT2D eigenvalue weighted by molar-refractivity contribution is 6.37. The molecule has 4 nitrogen and oxygen atoms in total. The number of ether oxygens (including phenoxy) is 1. The zero-order valence-corrected chi connectivity index (χ0v) is 13.2. The van der Waals surface area contributed by atoms with Crippen LogP contribution in [0.1, 0.15) is 26.2 Å². The van der Waals surface area contributed by atoms with Gasteiger partial charge in [0.2, 0.25) is 0 Å². The summed E-state index contributed by atoms with van der Waals surface area (Å²) in [6, 6.07) is 1.74. The zero-order chi connectivity index (χ0) is 14.4. The molecule has 2 N–H and O–H groups in total. The third-order valence-corrected chi connectivity index (χ3v) is 3.95. The van der Waals surface area contributed by atoms with Gasteiger partial charge in [0.25, 0.3) is 0 Å². The van der Waals surface area contributed by atoms with Crippen LogP contribution in [0.25, 0.3) is 0 Å². The second-order valence-electron chi connectivity index (χ2n) is 5.01. The summed E-state index contributed by atoms with van der Waals surface area (Å²) in [6.07, 6.45) is 3.18. The van der Waals surface area contributed by atoms with Crippen LogP contribution >= 0.6 is 23.2 Å². The molecule has 20 heavy (non-hydrogen) atoms. The van der Waals surface area contributed by atoms with Crippen LogP contribution in [0.5, 0.6) is 0 Å². The van der Waals surface area contributed by atoms with Gasteiger partial charge in [-0.2, -0.15) is 0 Å². The summed E-state index contributed by atoms with van der Waals surface area (Å²) in [4.78, 5) is 4.48. The Morgan fingerprint density at radius 2 is 1.85 bits per heavy atom. The summed E-state index contributed by atoms with van der Waals surface area (Å²) in [5.41, 5.74) is 0. The molecule has 1 aromatic rings. The first kappa shape index (κ1) is 15.7. The topological polar surface area (TPSA) is 46.2 Å². The maximum absolute atomic E-state index is 6.19. The average Bonchev–Trinajstić information content (AvgIpc) is 2.46. The fourth-order valence-electron chi connectivity index (χ4n) is 2.15. The van der Waals surface area contributed by atoms with Gasteiger partial charge in [0.15, 0.2) is 0 Å². The van der Waals surface area contributed by atoms with Crippen molar-refractivity contribution >= 4 is 34.8 Å². The maximum atomic E-state index is 6.19. The van der Waals surface area contributed by atoms with Crippen LogP contribution in [0.2, 0.25) is 10.0 Å². The Hall–Kier alpha value is -0.710. The third-order valence-electron chi connectivity index (χ3n) is 3.37. The number of rotatable bonds is 6. The van der Waals surface area contributed by atoms with Crippen LogP contribution in [0, 0.1) is 5.92 Å². The van der Waals surface area contributed by atoms with Gasteiger partial charge in [0.1, 0.15) is 11.6 Å². The first-order chi connectivity index (χ1) is 9.70. The number of hydrogen-bond donors (Lipinski definition) is 2. The fraction of sp³-hybridized carbons (Fsp3) is 0.643. The van der Waals surface area contributed by atoms with E-state index in [0.29, 0.717) is 27.6 Å². The Bertz CT molecular complexity index is 437. The van der Waals surface area contributed by atoms with Crippen LogP contribution in [0.3, 0.4) is 0 Å². The van der Waals surface area contributed by atoms with E-state index in [1.165, 1.54) is 0 Å². The molecular formula is C14H21Cl2N3O. The normalized spacial score (nSPS) is 16.1. The van der Waals surface area contributed by atoms with Crippen LogP contribution < -0.4 is 10.6 Å². The number of hydrogen-bond acceptors (Lipinski definition) is 4. The van der Waals surface area contributed by atoms with Crippen LogP contribution in [0.15, 0.2) is 6.07 Å². The number of nitrogens with zero attached hydrogens (tertiary/aromatic N) is 1. The Morgan fingerprint density at radius 1 is 1.20 bits per heavy atom. The van der Waals surface area contributed by atoms with Crippen molar-refractivity contribution in [2.75, 3.05) is 36.9 Å². The van der Waals surface area contributed by atoms with Gasteiger partial charge in [-0.3, -0.25) is 0 Å². The minimum Gasteiger partial charge on any atom is -0.381 e. The number of halogens is 2. The van der Waals surface area contributed by atoms with Crippen molar-refractivity contribution in [2.45, 2.75) is 26.2 Å². The van der Waals surface area contributed by atoms with E-state index in [9.17, 15) is 0 Å². The first-order valence-electron chi connectivity index (χ1n) is 7.12. The van der Waals surface area contributed by atoms with E-state index >= 15 is 0 Å². The lowest BCUT2D eigenvalue weighted by Gasteiger charge is -2.22. The van der Waals surface area contributed by atoms with Gasteiger partial charge in [-0.1, -0.05) is 30.1 Å². The minimum atomic E-state index is 0.556. The lowest BCUT2D eigenvalue weighted by molar-refractivity contribution is 0.0699. The SMILES string of the molecule is CCCNc1nc(NCC2CCOCC2)c(Cl)cc1Cl. The van der Waals surface area contributed by atoms with Gasteiger partial charge in [-0.05, 0) is 31.2 Å². The van der Waals surface area contributed by atoms with Crippen molar-refractivity contribution in [1.82, 2.24) is 4.98 Å². The second kappa shape index (κ2) is 7.91. The summed E-state index contributed by atoms with van der Waals surface area (Å²) in [5, 5.41) is 7.65. The molecule has 112 valence electrons. The van der Waals surface area contributed by atoms with Crippen LogP contribution in [-0.2, 0) is 4.74 Å². The molecule has 0 saturated carbocycles. The average molecular weight is 318 g/mol. The zero-order valence-electron chi connectivity index (χ0n) is 11.7. The van der Waals surface area contributed by atoms with Gasteiger partial charge in [0.05, 0.1) is 10.0 Å². The van der Waals surface area contributed by atoms with Gasteiger partial charge in [-0.25, -0.2) is 4.98 Å². The molecular weight excluding hydrogens is 297 g/mol. The molecule has 1 aliphatic rings. The summed E-state index contributed by atoms with van der Waals surface area (Å²) in [7, 11) is 0. The molecule has 0 unspecified atom stereocenters. The van der Waals surface area contributed by atoms with E-state index < -0.39 is 0 Å². The molecule has 0 bridgehead atoms. The Kier molecular flexibility index (Phi) is 6.20. The number of nitrogens with one attached hydrogen (secondary N) is 2. The summed E-state index contributed by atoms with van der Waals surface area (Å²) >= 11 is 12.3. The van der Waals surface area contributed by atoms with E-state index in [1.807, 2.05) is 0 Å². The lowest BCUT2D eigenvalue weighted by Crippen LogP contribution is -2.23. The lowest BCUT2D eigenvalue weighted by atomic mass is 10.0. The number of anilines is 2. The Balaban J connectivity index is 1.98. The van der Waals surface area contributed by atoms with Gasteiger partial charge >= 0.3 is 0 Å². The summed E-state index contributed by atoms with van der Waals surface area (Å²) < 4.78 is 5.36. The summed E-state index contributed by atoms with van der Waals surface area (Å²) in [6.45, 7) is 5.49. The van der Waals surface area contributed by atoms with E-state index in [4.69, 9.17) is 27.9 Å². The van der Waals surface area contributed by atoms with Crippen LogP contribution in [0.4, 0.5) is 11.6 Å². The molecule has 0 aliphatic carbocycles. The quantitative estimate of drug-likeness (QED) is 0.831. The van der Waals surface area contributed by atoms with Gasteiger partial charge in [-0.15, -0.1) is 0 Å². The minimum absolute atomic E-state index is 0.556. The molecule has 0 aromatic carbocycles. The molecule has 0 radical (unpaired) electrons. The predicted molar refractivity (Wildman–Crippen MR) is 85.1 cm³/mol. The monoisotopic (exact) mass is 317 g/mol. The molecule has 2 heterocycles. The second-order valence-corrected chi connectivity index (χ2v) is 5.83. The van der Waals surface area contributed by atoms with E-state index in [-0.39, 0.29) is 0 Å². The molecule has 6 heteroatoms. The van der Waals surface area contributed by atoms with E-state index in [1.54, 1.807) is 6.07 Å². The molecule has 0 spiro atoms. The van der Waals surface area contributed by atoms with Crippen LogP contribution in [-0.4, -0.2) is 31.3 Å². The van der Waals surface area contributed by atoms with Gasteiger partial charge in [0, 0.05) is 26.3 Å². The highest BCUT2D eigenvalue weighted by Gasteiger charge is 2.15. The Morgan fingerprint density at radius 3 is 2.50 bits per heavy atom. The highest BCUT2D eigenvalue weighted by Crippen LogP contribution is 2.29. The molecule has 1 aliphatic heterocycles. The highest BCUT2D eigenvalue weighted by atomic mass is 35.5. The van der Waals surface area contributed by atoms with E-state index in [0.717, 1.165) is 45.6 Å². The first-order valence-corrected chi connectivity index (χ1v) is 7.87. The van der Waals surface area contributed by atoms with Gasteiger partial charge < -0.3 is 15.4 Å². The standard InChI is InChI=1S/C14H21Cl2N3O/c1-2-5-17-13-11(15)8-12(16)14(19-13)18-9-10-3-6-20-7-4-10/h8,10H,2-7,9H2,1H3,(H2,17,18,19). The molecule has 0 amide bonds.